The monoisotopic (exact) mass is 274 g/mol. The second-order valence-corrected chi connectivity index (χ2v) is 7.66. The van der Waals surface area contributed by atoms with Crippen molar-refractivity contribution in [3.63, 3.8) is 0 Å². The Labute approximate surface area is 126 Å². The molecule has 20 heavy (non-hydrogen) atoms. The molecule has 0 saturated carbocycles. The maximum absolute atomic E-state index is 2.52. The zero-order valence-corrected chi connectivity index (χ0v) is 14.1. The number of hydrogen-bond donors (Lipinski definition) is 0. The molecular formula is C20H34. The van der Waals surface area contributed by atoms with E-state index in [2.05, 4.69) is 39.8 Å². The van der Waals surface area contributed by atoms with Crippen molar-refractivity contribution in [3.8, 4) is 0 Å². The Morgan fingerprint density at radius 3 is 2.65 bits per heavy atom. The molecule has 3 atom stereocenters. The van der Waals surface area contributed by atoms with Crippen LogP contribution in [0.4, 0.5) is 0 Å². The molecule has 0 radical (unpaired) electrons. The van der Waals surface area contributed by atoms with Crippen molar-refractivity contribution < 1.29 is 0 Å². The first-order valence-corrected chi connectivity index (χ1v) is 8.99. The van der Waals surface area contributed by atoms with Gasteiger partial charge in [-0.1, -0.05) is 58.3 Å². The van der Waals surface area contributed by atoms with Gasteiger partial charge in [-0.15, -0.1) is 0 Å². The maximum atomic E-state index is 2.52. The Morgan fingerprint density at radius 1 is 1.10 bits per heavy atom. The summed E-state index contributed by atoms with van der Waals surface area (Å²) in [4.78, 5) is 0. The second-order valence-electron chi connectivity index (χ2n) is 7.66. The number of hydrogen-bond acceptors (Lipinski definition) is 0. The highest BCUT2D eigenvalue weighted by molar-refractivity contribution is 5.32. The molecule has 3 unspecified atom stereocenters. The molecule has 0 heteroatoms. The van der Waals surface area contributed by atoms with E-state index in [9.17, 15) is 0 Å². The molecule has 0 fully saturated rings. The van der Waals surface area contributed by atoms with Crippen LogP contribution in [0.5, 0.6) is 0 Å². The van der Waals surface area contributed by atoms with Gasteiger partial charge < -0.3 is 0 Å². The lowest BCUT2D eigenvalue weighted by molar-refractivity contribution is 0.313. The lowest BCUT2D eigenvalue weighted by Crippen LogP contribution is -2.19. The Hall–Kier alpha value is -0.520. The zero-order valence-electron chi connectivity index (χ0n) is 14.1. The van der Waals surface area contributed by atoms with Crippen LogP contribution in [0.15, 0.2) is 23.3 Å². The first kappa shape index (κ1) is 15.9. The van der Waals surface area contributed by atoms with Gasteiger partial charge in [-0.2, -0.15) is 0 Å². The largest absolute Gasteiger partial charge is 0.0842 e. The van der Waals surface area contributed by atoms with Crippen LogP contribution >= 0.6 is 0 Å². The minimum absolute atomic E-state index is 0.810. The SMILES string of the molecule is CC(C)CCC(C)C1CCCCC2=C1C(C)CCC=C2. The summed E-state index contributed by atoms with van der Waals surface area (Å²) in [5.74, 6) is 3.39. The molecular weight excluding hydrogens is 240 g/mol. The van der Waals surface area contributed by atoms with E-state index in [-0.39, 0.29) is 0 Å². The molecule has 0 aromatic carbocycles. The van der Waals surface area contributed by atoms with Crippen LogP contribution in [-0.4, -0.2) is 0 Å². The Balaban J connectivity index is 2.18. The predicted octanol–water partition coefficient (Wildman–Crippen LogP) is 6.53. The molecule has 0 saturated heterocycles. The average Bonchev–Trinajstić information content (AvgIpc) is 2.72. The van der Waals surface area contributed by atoms with E-state index in [0.717, 1.165) is 23.7 Å². The molecule has 0 spiro atoms. The van der Waals surface area contributed by atoms with Gasteiger partial charge >= 0.3 is 0 Å². The van der Waals surface area contributed by atoms with Gasteiger partial charge in [-0.25, -0.2) is 0 Å². The minimum atomic E-state index is 0.810. The standard InChI is InChI=1S/C20H34/c1-15(2)13-14-16(3)19-12-8-7-11-18-10-6-5-9-17(4)20(18)19/h6,10,15-17,19H,5,7-9,11-14H2,1-4H3. The summed E-state index contributed by atoms with van der Waals surface area (Å²) in [7, 11) is 0. The third-order valence-electron chi connectivity index (χ3n) is 5.48. The molecule has 0 bridgehead atoms. The van der Waals surface area contributed by atoms with Crippen LogP contribution < -0.4 is 0 Å². The number of rotatable bonds is 4. The van der Waals surface area contributed by atoms with Gasteiger partial charge in [0.15, 0.2) is 0 Å². The molecule has 0 aromatic heterocycles. The molecule has 0 N–H and O–H groups in total. The van der Waals surface area contributed by atoms with Gasteiger partial charge in [-0.3, -0.25) is 0 Å². The van der Waals surface area contributed by atoms with Gasteiger partial charge in [0, 0.05) is 0 Å². The van der Waals surface area contributed by atoms with Gasteiger partial charge in [0.25, 0.3) is 0 Å². The van der Waals surface area contributed by atoms with Crippen molar-refractivity contribution in [2.45, 2.75) is 79.1 Å². The fourth-order valence-electron chi connectivity index (χ4n) is 4.19. The molecule has 2 rings (SSSR count). The summed E-state index contributed by atoms with van der Waals surface area (Å²) in [6, 6.07) is 0. The van der Waals surface area contributed by atoms with Gasteiger partial charge in [0.1, 0.15) is 0 Å². The Bertz CT molecular complexity index is 358. The van der Waals surface area contributed by atoms with Crippen LogP contribution in [0, 0.1) is 23.7 Å². The summed E-state index contributed by atoms with van der Waals surface area (Å²) in [6.07, 6.45) is 16.0. The molecule has 0 aliphatic heterocycles. The maximum Gasteiger partial charge on any atom is -0.0169 e. The lowest BCUT2D eigenvalue weighted by Gasteiger charge is -2.31. The van der Waals surface area contributed by atoms with Crippen molar-refractivity contribution in [1.29, 1.82) is 0 Å². The quantitative estimate of drug-likeness (QED) is 0.546. The van der Waals surface area contributed by atoms with E-state index >= 15 is 0 Å². The van der Waals surface area contributed by atoms with E-state index in [0.29, 0.717) is 0 Å². The van der Waals surface area contributed by atoms with E-state index in [1.54, 1.807) is 5.57 Å². The summed E-state index contributed by atoms with van der Waals surface area (Å²) >= 11 is 0. The molecule has 0 nitrogen and oxygen atoms in total. The lowest BCUT2D eigenvalue weighted by atomic mass is 9.75. The van der Waals surface area contributed by atoms with Crippen molar-refractivity contribution in [2.75, 3.05) is 0 Å². The molecule has 114 valence electrons. The van der Waals surface area contributed by atoms with E-state index in [4.69, 9.17) is 0 Å². The van der Waals surface area contributed by atoms with Crippen LogP contribution in [0.1, 0.15) is 79.1 Å². The van der Waals surface area contributed by atoms with Crippen molar-refractivity contribution in [3.05, 3.63) is 23.3 Å². The smallest absolute Gasteiger partial charge is 0.0169 e. The minimum Gasteiger partial charge on any atom is -0.0842 e. The fourth-order valence-corrected chi connectivity index (χ4v) is 4.19. The third kappa shape index (κ3) is 3.99. The summed E-state index contributed by atoms with van der Waals surface area (Å²) in [5.41, 5.74) is 3.57. The normalized spacial score (nSPS) is 29.1. The predicted molar refractivity (Wildman–Crippen MR) is 89.8 cm³/mol. The highest BCUT2D eigenvalue weighted by Gasteiger charge is 2.29. The molecule has 0 heterocycles. The van der Waals surface area contributed by atoms with Crippen LogP contribution in [0.3, 0.4) is 0 Å². The van der Waals surface area contributed by atoms with E-state index in [1.807, 2.05) is 5.57 Å². The second kappa shape index (κ2) is 7.48. The molecule has 0 amide bonds. The molecule has 2 aliphatic rings. The number of allylic oxidation sites excluding steroid dienone is 4. The van der Waals surface area contributed by atoms with Crippen molar-refractivity contribution in [1.82, 2.24) is 0 Å². The summed E-state index contributed by atoms with van der Waals surface area (Å²) in [5, 5.41) is 0. The molecule has 0 aromatic rings. The van der Waals surface area contributed by atoms with Crippen LogP contribution in [0.25, 0.3) is 0 Å². The first-order chi connectivity index (χ1) is 9.59. The highest BCUT2D eigenvalue weighted by Crippen LogP contribution is 2.42. The fraction of sp³-hybridized carbons (Fsp3) is 0.800. The van der Waals surface area contributed by atoms with Crippen LogP contribution in [-0.2, 0) is 0 Å². The average molecular weight is 274 g/mol. The third-order valence-corrected chi connectivity index (χ3v) is 5.48. The molecule has 2 aliphatic carbocycles. The van der Waals surface area contributed by atoms with Crippen LogP contribution in [0.2, 0.25) is 0 Å². The van der Waals surface area contributed by atoms with Gasteiger partial charge in [-0.05, 0) is 67.8 Å². The van der Waals surface area contributed by atoms with Gasteiger partial charge in [0.05, 0.1) is 0 Å². The zero-order chi connectivity index (χ0) is 14.5. The Morgan fingerprint density at radius 2 is 1.90 bits per heavy atom. The summed E-state index contributed by atoms with van der Waals surface area (Å²) in [6.45, 7) is 9.73. The topological polar surface area (TPSA) is 0 Å². The van der Waals surface area contributed by atoms with E-state index < -0.39 is 0 Å². The van der Waals surface area contributed by atoms with Crippen molar-refractivity contribution in [2.24, 2.45) is 23.7 Å². The van der Waals surface area contributed by atoms with Gasteiger partial charge in [0.2, 0.25) is 0 Å². The van der Waals surface area contributed by atoms with E-state index in [1.165, 1.54) is 51.4 Å². The first-order valence-electron chi connectivity index (χ1n) is 8.99. The summed E-state index contributed by atoms with van der Waals surface area (Å²) < 4.78 is 0. The van der Waals surface area contributed by atoms with Crippen molar-refractivity contribution >= 4 is 0 Å². The Kier molecular flexibility index (Phi) is 5.93. The highest BCUT2D eigenvalue weighted by atomic mass is 14.3.